The fourth-order valence-electron chi connectivity index (χ4n) is 2.57. The van der Waals surface area contributed by atoms with Crippen LogP contribution in [0.1, 0.15) is 44.4 Å². The van der Waals surface area contributed by atoms with Crippen molar-refractivity contribution < 1.29 is 13.2 Å². The van der Waals surface area contributed by atoms with Gasteiger partial charge < -0.3 is 5.32 Å². The molecule has 2 atom stereocenters. The Morgan fingerprint density at radius 3 is 2.38 bits per heavy atom. The molecular weight excluding hydrogens is 295 g/mol. The molecule has 1 saturated heterocycles. The molecule has 2 rings (SSSR count). The van der Waals surface area contributed by atoms with Crippen molar-refractivity contribution in [3.63, 3.8) is 0 Å². The van der Waals surface area contributed by atoms with Gasteiger partial charge in [0.15, 0.2) is 0 Å². The van der Waals surface area contributed by atoms with Crippen LogP contribution >= 0.6 is 11.8 Å². The highest BCUT2D eigenvalue weighted by atomic mass is 32.2. The summed E-state index contributed by atoms with van der Waals surface area (Å²) in [6.07, 6.45) is -3.10. The van der Waals surface area contributed by atoms with Crippen LogP contribution in [0.4, 0.5) is 13.2 Å². The van der Waals surface area contributed by atoms with E-state index in [1.165, 1.54) is 5.75 Å². The van der Waals surface area contributed by atoms with Crippen molar-refractivity contribution in [3.05, 3.63) is 35.4 Å². The van der Waals surface area contributed by atoms with Crippen LogP contribution in [0.3, 0.4) is 0 Å². The van der Waals surface area contributed by atoms with E-state index in [0.717, 1.165) is 29.9 Å². The summed E-state index contributed by atoms with van der Waals surface area (Å²) in [6, 6.07) is 5.90. The zero-order valence-electron chi connectivity index (χ0n) is 12.6. The third-order valence-corrected chi connectivity index (χ3v) is 5.37. The summed E-state index contributed by atoms with van der Waals surface area (Å²) in [5, 5.41) is 3.58. The highest BCUT2D eigenvalue weighted by Crippen LogP contribution is 2.35. The molecule has 1 N–H and O–H groups in total. The minimum atomic E-state index is -4.27. The molecule has 0 saturated carbocycles. The first-order valence-electron chi connectivity index (χ1n) is 7.21. The van der Waals surface area contributed by atoms with Gasteiger partial charge >= 0.3 is 6.18 Å². The number of benzene rings is 1. The summed E-state index contributed by atoms with van der Waals surface area (Å²) in [6.45, 7) is 6.52. The molecule has 1 aromatic carbocycles. The molecule has 1 nitrogen and oxygen atoms in total. The van der Waals surface area contributed by atoms with Crippen molar-refractivity contribution in [1.82, 2.24) is 5.32 Å². The first-order chi connectivity index (χ1) is 9.70. The Hall–Kier alpha value is -0.680. The van der Waals surface area contributed by atoms with Gasteiger partial charge in [0, 0.05) is 17.8 Å². The Labute approximate surface area is 128 Å². The number of hydrogen-bond acceptors (Lipinski definition) is 2. The molecule has 0 spiro atoms. The lowest BCUT2D eigenvalue weighted by molar-refractivity contribution is -0.137. The van der Waals surface area contributed by atoms with Gasteiger partial charge in [-0.1, -0.05) is 26.0 Å². The van der Waals surface area contributed by atoms with Crippen molar-refractivity contribution in [2.45, 2.75) is 45.5 Å². The Kier molecular flexibility index (Phi) is 4.93. The molecule has 0 radical (unpaired) electrons. The summed E-state index contributed by atoms with van der Waals surface area (Å²) >= 11 is 1.94. The predicted molar refractivity (Wildman–Crippen MR) is 82.5 cm³/mol. The minimum Gasteiger partial charge on any atom is -0.306 e. The van der Waals surface area contributed by atoms with Gasteiger partial charge in [0.1, 0.15) is 0 Å². The second-order valence-electron chi connectivity index (χ2n) is 6.37. The van der Waals surface area contributed by atoms with Crippen LogP contribution in [-0.2, 0) is 6.18 Å². The highest BCUT2D eigenvalue weighted by Gasteiger charge is 2.34. The normalized spacial score (nSPS) is 23.8. The zero-order valence-corrected chi connectivity index (χ0v) is 13.4. The van der Waals surface area contributed by atoms with Crippen LogP contribution in [-0.4, -0.2) is 17.5 Å². The molecule has 1 aliphatic rings. The van der Waals surface area contributed by atoms with E-state index in [4.69, 9.17) is 0 Å². The van der Waals surface area contributed by atoms with Gasteiger partial charge in [-0.15, -0.1) is 0 Å². The van der Waals surface area contributed by atoms with Crippen molar-refractivity contribution >= 4 is 11.8 Å². The van der Waals surface area contributed by atoms with Crippen LogP contribution in [0.2, 0.25) is 0 Å². The Morgan fingerprint density at radius 1 is 1.24 bits per heavy atom. The number of hydrogen-bond donors (Lipinski definition) is 1. The van der Waals surface area contributed by atoms with E-state index in [0.29, 0.717) is 6.04 Å². The average molecular weight is 317 g/mol. The molecule has 5 heteroatoms. The number of alkyl halides is 3. The molecule has 1 aliphatic heterocycles. The molecule has 0 aromatic heterocycles. The molecule has 0 bridgehead atoms. The summed E-state index contributed by atoms with van der Waals surface area (Å²) in [4.78, 5) is 0. The summed E-state index contributed by atoms with van der Waals surface area (Å²) in [5.74, 6) is 2.23. The lowest BCUT2D eigenvalue weighted by atomic mass is 9.81. The third-order valence-electron chi connectivity index (χ3n) is 4.31. The fraction of sp³-hybridized carbons (Fsp3) is 0.625. The van der Waals surface area contributed by atoms with E-state index in [1.807, 2.05) is 18.7 Å². The Balaban J connectivity index is 2.04. The zero-order chi connectivity index (χ0) is 15.7. The molecule has 0 amide bonds. The van der Waals surface area contributed by atoms with Crippen LogP contribution in [0.5, 0.6) is 0 Å². The van der Waals surface area contributed by atoms with E-state index in [-0.39, 0.29) is 11.5 Å². The topological polar surface area (TPSA) is 12.0 Å². The first kappa shape index (κ1) is 16.7. The lowest BCUT2D eigenvalue weighted by Gasteiger charge is -2.40. The summed E-state index contributed by atoms with van der Waals surface area (Å²) < 4.78 is 37.7. The Bertz CT molecular complexity index is 467. The smallest absolute Gasteiger partial charge is 0.306 e. The van der Waals surface area contributed by atoms with E-state index >= 15 is 0 Å². The van der Waals surface area contributed by atoms with Gasteiger partial charge in [-0.25, -0.2) is 0 Å². The molecule has 118 valence electrons. The van der Waals surface area contributed by atoms with Crippen LogP contribution in [0.15, 0.2) is 24.3 Å². The van der Waals surface area contributed by atoms with Gasteiger partial charge in [0.25, 0.3) is 0 Å². The van der Waals surface area contributed by atoms with Gasteiger partial charge in [0.2, 0.25) is 0 Å². The molecular formula is C16H22F3NS. The van der Waals surface area contributed by atoms with Gasteiger partial charge in [-0.3, -0.25) is 0 Å². The number of thioether (sulfide) groups is 1. The van der Waals surface area contributed by atoms with Crippen molar-refractivity contribution in [2.75, 3.05) is 11.5 Å². The SMILES string of the molecule is CC(NC1CSCCC1(C)C)c1ccc(C(F)(F)F)cc1. The third kappa shape index (κ3) is 4.16. The predicted octanol–water partition coefficient (Wildman–Crippen LogP) is 4.89. The minimum absolute atomic E-state index is 0.0512. The average Bonchev–Trinajstić information content (AvgIpc) is 2.40. The first-order valence-corrected chi connectivity index (χ1v) is 8.36. The maximum atomic E-state index is 12.6. The fourth-order valence-corrected chi connectivity index (χ4v) is 4.19. The molecule has 21 heavy (non-hydrogen) atoms. The van der Waals surface area contributed by atoms with Gasteiger partial charge in [0.05, 0.1) is 5.56 Å². The van der Waals surface area contributed by atoms with E-state index < -0.39 is 11.7 Å². The van der Waals surface area contributed by atoms with E-state index in [9.17, 15) is 13.2 Å². The lowest BCUT2D eigenvalue weighted by Crippen LogP contribution is -2.47. The van der Waals surface area contributed by atoms with Crippen molar-refractivity contribution in [1.29, 1.82) is 0 Å². The molecule has 1 heterocycles. The molecule has 2 unspecified atom stereocenters. The molecule has 1 fully saturated rings. The second-order valence-corrected chi connectivity index (χ2v) is 7.52. The van der Waals surface area contributed by atoms with Crippen molar-refractivity contribution in [3.8, 4) is 0 Å². The van der Waals surface area contributed by atoms with Crippen molar-refractivity contribution in [2.24, 2.45) is 5.41 Å². The monoisotopic (exact) mass is 317 g/mol. The van der Waals surface area contributed by atoms with E-state index in [1.54, 1.807) is 12.1 Å². The standard InChI is InChI=1S/C16H22F3NS/c1-11(20-14-10-21-9-8-15(14,2)3)12-4-6-13(7-5-12)16(17,18)19/h4-7,11,14,20H,8-10H2,1-3H3. The number of halogens is 3. The largest absolute Gasteiger partial charge is 0.416 e. The Morgan fingerprint density at radius 2 is 1.86 bits per heavy atom. The molecule has 1 aromatic rings. The van der Waals surface area contributed by atoms with Gasteiger partial charge in [-0.05, 0) is 42.2 Å². The highest BCUT2D eigenvalue weighted by molar-refractivity contribution is 7.99. The number of nitrogens with one attached hydrogen (secondary N) is 1. The van der Waals surface area contributed by atoms with Crippen LogP contribution in [0.25, 0.3) is 0 Å². The van der Waals surface area contributed by atoms with Crippen LogP contribution in [0, 0.1) is 5.41 Å². The maximum absolute atomic E-state index is 12.6. The molecule has 0 aliphatic carbocycles. The van der Waals surface area contributed by atoms with Gasteiger partial charge in [-0.2, -0.15) is 24.9 Å². The maximum Gasteiger partial charge on any atom is 0.416 e. The second kappa shape index (κ2) is 6.21. The summed E-state index contributed by atoms with van der Waals surface area (Å²) in [7, 11) is 0. The number of rotatable bonds is 3. The van der Waals surface area contributed by atoms with Crippen LogP contribution < -0.4 is 5.32 Å². The quantitative estimate of drug-likeness (QED) is 0.852. The summed E-state index contributed by atoms with van der Waals surface area (Å²) in [5.41, 5.74) is 0.534. The van der Waals surface area contributed by atoms with E-state index in [2.05, 4.69) is 19.2 Å².